The second-order valence-corrected chi connectivity index (χ2v) is 5.96. The van der Waals surface area contributed by atoms with E-state index in [1.807, 2.05) is 18.4 Å². The van der Waals surface area contributed by atoms with Crippen molar-refractivity contribution in [2.45, 2.75) is 19.4 Å². The molecule has 5 heteroatoms. The van der Waals surface area contributed by atoms with Gasteiger partial charge in [0.1, 0.15) is 0 Å². The molecule has 0 radical (unpaired) electrons. The number of hydrogen-bond donors (Lipinski definition) is 1. The van der Waals surface area contributed by atoms with Gasteiger partial charge in [-0.1, -0.05) is 0 Å². The van der Waals surface area contributed by atoms with Crippen molar-refractivity contribution in [2.24, 2.45) is 0 Å². The summed E-state index contributed by atoms with van der Waals surface area (Å²) in [6.45, 7) is 1.93. The van der Waals surface area contributed by atoms with E-state index in [-0.39, 0.29) is 0 Å². The Kier molecular flexibility index (Phi) is 3.56. The zero-order chi connectivity index (χ0) is 10.8. The first kappa shape index (κ1) is 11.3. The van der Waals surface area contributed by atoms with Crippen molar-refractivity contribution in [3.8, 4) is 0 Å². The van der Waals surface area contributed by atoms with Crippen LogP contribution in [0.3, 0.4) is 0 Å². The van der Waals surface area contributed by atoms with Gasteiger partial charge in [0.25, 0.3) is 0 Å². The molecular weight excluding hydrogens is 294 g/mol. The quantitative estimate of drug-likeness (QED) is 0.940. The molecule has 2 rings (SSSR count). The number of rotatable bonds is 3. The number of hydrogen-bond acceptors (Lipinski definition) is 4. The second kappa shape index (κ2) is 4.74. The average molecular weight is 304 g/mol. The predicted octanol–water partition coefficient (Wildman–Crippen LogP) is 3.55. The first-order chi connectivity index (χ1) is 7.18. The Bertz CT molecular complexity index is 452. The number of thiophene rings is 1. The SMILES string of the molecule is Cc1ncsc1C(O)Cc1sccc1Br. The zero-order valence-corrected chi connectivity index (χ0v) is 11.3. The third-order valence-corrected chi connectivity index (χ3v) is 5.14. The molecule has 15 heavy (non-hydrogen) atoms. The van der Waals surface area contributed by atoms with Crippen LogP contribution in [-0.4, -0.2) is 10.1 Å². The van der Waals surface area contributed by atoms with Gasteiger partial charge in [0.15, 0.2) is 0 Å². The maximum absolute atomic E-state index is 10.0. The van der Waals surface area contributed by atoms with Crippen LogP contribution in [-0.2, 0) is 6.42 Å². The second-order valence-electron chi connectivity index (χ2n) is 3.21. The molecule has 1 N–H and O–H groups in total. The summed E-state index contributed by atoms with van der Waals surface area (Å²) in [6.07, 6.45) is 0.217. The van der Waals surface area contributed by atoms with Crippen molar-refractivity contribution in [3.63, 3.8) is 0 Å². The molecule has 0 aromatic carbocycles. The lowest BCUT2D eigenvalue weighted by molar-refractivity contribution is 0.182. The summed E-state index contributed by atoms with van der Waals surface area (Å²) in [5, 5.41) is 12.1. The molecule has 0 saturated heterocycles. The highest BCUT2D eigenvalue weighted by atomic mass is 79.9. The molecular formula is C10H10BrNOS2. The maximum Gasteiger partial charge on any atom is 0.0949 e. The molecule has 2 aromatic rings. The molecule has 0 fully saturated rings. The van der Waals surface area contributed by atoms with Crippen LogP contribution < -0.4 is 0 Å². The normalized spacial score (nSPS) is 13.0. The standard InChI is InChI=1S/C10H10BrNOS2/c1-6-10(15-5-12-6)8(13)4-9-7(11)2-3-14-9/h2-3,5,8,13H,4H2,1H3. The van der Waals surface area contributed by atoms with Crippen molar-refractivity contribution in [1.82, 2.24) is 4.98 Å². The van der Waals surface area contributed by atoms with Gasteiger partial charge in [0.05, 0.1) is 22.2 Å². The van der Waals surface area contributed by atoms with E-state index in [2.05, 4.69) is 20.9 Å². The van der Waals surface area contributed by atoms with Crippen LogP contribution in [0.1, 0.15) is 21.6 Å². The fourth-order valence-electron chi connectivity index (χ4n) is 1.37. The van der Waals surface area contributed by atoms with E-state index >= 15 is 0 Å². The van der Waals surface area contributed by atoms with E-state index < -0.39 is 6.10 Å². The lowest BCUT2D eigenvalue weighted by Crippen LogP contribution is -2.00. The van der Waals surface area contributed by atoms with Crippen LogP contribution in [0.25, 0.3) is 0 Å². The predicted molar refractivity (Wildman–Crippen MR) is 67.5 cm³/mol. The van der Waals surface area contributed by atoms with Gasteiger partial charge in [-0.3, -0.25) is 0 Å². The average Bonchev–Trinajstić information content (AvgIpc) is 2.76. The van der Waals surface area contributed by atoms with E-state index in [1.165, 1.54) is 16.2 Å². The van der Waals surface area contributed by atoms with Crippen LogP contribution in [0, 0.1) is 6.92 Å². The first-order valence-corrected chi connectivity index (χ1v) is 7.03. The van der Waals surface area contributed by atoms with Crippen molar-refractivity contribution >= 4 is 38.6 Å². The maximum atomic E-state index is 10.0. The van der Waals surface area contributed by atoms with Gasteiger partial charge in [0.2, 0.25) is 0 Å². The molecule has 0 aliphatic rings. The molecule has 1 atom stereocenters. The Labute approximate surface area is 105 Å². The first-order valence-electron chi connectivity index (χ1n) is 4.48. The van der Waals surface area contributed by atoms with Crippen LogP contribution in [0.15, 0.2) is 21.4 Å². The van der Waals surface area contributed by atoms with Crippen molar-refractivity contribution < 1.29 is 5.11 Å². The van der Waals surface area contributed by atoms with Crippen molar-refractivity contribution in [3.05, 3.63) is 36.9 Å². The molecule has 0 spiro atoms. The number of aliphatic hydroxyl groups excluding tert-OH is 1. The van der Waals surface area contributed by atoms with Crippen LogP contribution >= 0.6 is 38.6 Å². The van der Waals surface area contributed by atoms with Gasteiger partial charge >= 0.3 is 0 Å². The van der Waals surface area contributed by atoms with Crippen LogP contribution in [0.2, 0.25) is 0 Å². The van der Waals surface area contributed by atoms with Crippen LogP contribution in [0.5, 0.6) is 0 Å². The zero-order valence-electron chi connectivity index (χ0n) is 8.11. The summed E-state index contributed by atoms with van der Waals surface area (Å²) in [6, 6.07) is 2.01. The molecule has 0 amide bonds. The third kappa shape index (κ3) is 2.47. The number of aromatic nitrogens is 1. The van der Waals surface area contributed by atoms with Gasteiger partial charge in [-0.05, 0) is 34.3 Å². The van der Waals surface area contributed by atoms with Crippen LogP contribution in [0.4, 0.5) is 0 Å². The fraction of sp³-hybridized carbons (Fsp3) is 0.300. The molecule has 2 nitrogen and oxygen atoms in total. The van der Waals surface area contributed by atoms with Gasteiger partial charge in [-0.2, -0.15) is 0 Å². The Morgan fingerprint density at radius 3 is 2.87 bits per heavy atom. The molecule has 0 aliphatic heterocycles. The molecule has 0 bridgehead atoms. The Hall–Kier alpha value is -0.230. The summed E-state index contributed by atoms with van der Waals surface area (Å²) in [5.41, 5.74) is 2.71. The minimum Gasteiger partial charge on any atom is -0.387 e. The highest BCUT2D eigenvalue weighted by Crippen LogP contribution is 2.30. The molecule has 2 aromatic heterocycles. The molecule has 2 heterocycles. The van der Waals surface area contributed by atoms with E-state index in [9.17, 15) is 5.11 Å². The number of aryl methyl sites for hydroxylation is 1. The summed E-state index contributed by atoms with van der Waals surface area (Å²) in [5.74, 6) is 0. The Morgan fingerprint density at radius 2 is 2.33 bits per heavy atom. The summed E-state index contributed by atoms with van der Waals surface area (Å²) in [7, 11) is 0. The number of aliphatic hydroxyl groups is 1. The number of thiazole rings is 1. The lowest BCUT2D eigenvalue weighted by Gasteiger charge is -2.08. The van der Waals surface area contributed by atoms with E-state index in [0.717, 1.165) is 15.0 Å². The van der Waals surface area contributed by atoms with E-state index in [1.54, 1.807) is 16.8 Å². The fourth-order valence-corrected chi connectivity index (χ4v) is 3.71. The van der Waals surface area contributed by atoms with E-state index in [4.69, 9.17) is 0 Å². The number of halogens is 1. The van der Waals surface area contributed by atoms with E-state index in [0.29, 0.717) is 6.42 Å². The molecule has 0 aliphatic carbocycles. The van der Waals surface area contributed by atoms with Crippen molar-refractivity contribution in [2.75, 3.05) is 0 Å². The minimum absolute atomic E-state index is 0.438. The largest absolute Gasteiger partial charge is 0.387 e. The highest BCUT2D eigenvalue weighted by Gasteiger charge is 2.15. The topological polar surface area (TPSA) is 33.1 Å². The monoisotopic (exact) mass is 303 g/mol. The lowest BCUT2D eigenvalue weighted by atomic mass is 10.2. The number of nitrogens with zero attached hydrogens (tertiary/aromatic N) is 1. The highest BCUT2D eigenvalue weighted by molar-refractivity contribution is 9.10. The van der Waals surface area contributed by atoms with Gasteiger partial charge < -0.3 is 5.11 Å². The summed E-state index contributed by atoms with van der Waals surface area (Å²) in [4.78, 5) is 6.28. The Balaban J connectivity index is 2.14. The minimum atomic E-state index is -0.438. The summed E-state index contributed by atoms with van der Waals surface area (Å²) < 4.78 is 1.08. The van der Waals surface area contributed by atoms with Gasteiger partial charge in [-0.25, -0.2) is 4.98 Å². The van der Waals surface area contributed by atoms with Gasteiger partial charge in [-0.15, -0.1) is 22.7 Å². The molecule has 80 valence electrons. The smallest absolute Gasteiger partial charge is 0.0949 e. The van der Waals surface area contributed by atoms with Gasteiger partial charge in [0, 0.05) is 15.8 Å². The summed E-state index contributed by atoms with van der Waals surface area (Å²) >= 11 is 6.64. The Morgan fingerprint density at radius 1 is 1.53 bits per heavy atom. The van der Waals surface area contributed by atoms with Crippen molar-refractivity contribution in [1.29, 1.82) is 0 Å². The third-order valence-electron chi connectivity index (χ3n) is 2.16. The molecule has 1 unspecified atom stereocenters. The molecule has 0 saturated carbocycles.